The first-order valence-corrected chi connectivity index (χ1v) is 8.29. The number of aromatic nitrogens is 1. The zero-order valence-electron chi connectivity index (χ0n) is 14.6. The van der Waals surface area contributed by atoms with E-state index in [1.165, 1.54) is 12.2 Å². The van der Waals surface area contributed by atoms with Gasteiger partial charge in [0.15, 0.2) is 11.5 Å². The minimum absolute atomic E-state index is 0.232. The second-order valence-electron chi connectivity index (χ2n) is 5.92. The first kappa shape index (κ1) is 16.4. The number of carbonyl (C=O) groups is 1. The van der Waals surface area contributed by atoms with Crippen molar-refractivity contribution in [1.82, 2.24) is 10.0 Å². The summed E-state index contributed by atoms with van der Waals surface area (Å²) >= 11 is 0. The normalized spacial score (nSPS) is 12.8. The van der Waals surface area contributed by atoms with Gasteiger partial charge in [-0.25, -0.2) is 10.0 Å². The predicted octanol–water partition coefficient (Wildman–Crippen LogP) is 3.31. The fourth-order valence-electron chi connectivity index (χ4n) is 2.96. The highest BCUT2D eigenvalue weighted by Crippen LogP contribution is 2.35. The van der Waals surface area contributed by atoms with E-state index in [4.69, 9.17) is 19.3 Å². The van der Waals surface area contributed by atoms with E-state index in [1.807, 2.05) is 42.5 Å². The molecular weight excluding hydrogens is 332 g/mol. The van der Waals surface area contributed by atoms with Crippen LogP contribution in [0.15, 0.2) is 48.5 Å². The van der Waals surface area contributed by atoms with E-state index in [0.717, 1.165) is 22.2 Å². The summed E-state index contributed by atoms with van der Waals surface area (Å²) in [5.74, 6) is 1.17. The number of fused-ring (bicyclic) bond motifs is 2. The largest absolute Gasteiger partial charge is 0.486 e. The average molecular weight is 350 g/mol. The van der Waals surface area contributed by atoms with Gasteiger partial charge in [0.1, 0.15) is 13.2 Å². The summed E-state index contributed by atoms with van der Waals surface area (Å²) in [6, 6.07) is 15.0. The van der Waals surface area contributed by atoms with Gasteiger partial charge < -0.3 is 9.47 Å². The molecule has 4 rings (SSSR count). The van der Waals surface area contributed by atoms with E-state index in [2.05, 4.69) is 0 Å². The molecular formula is C20H18N2O4. The van der Waals surface area contributed by atoms with Gasteiger partial charge in [0.05, 0.1) is 23.9 Å². The van der Waals surface area contributed by atoms with E-state index < -0.39 is 0 Å². The smallest absolute Gasteiger partial charge is 0.277 e. The maximum absolute atomic E-state index is 12.7. The summed E-state index contributed by atoms with van der Waals surface area (Å²) in [5.41, 5.74) is 2.82. The van der Waals surface area contributed by atoms with E-state index in [1.54, 1.807) is 13.1 Å². The van der Waals surface area contributed by atoms with Crippen LogP contribution in [-0.4, -0.2) is 43.3 Å². The van der Waals surface area contributed by atoms with Crippen molar-refractivity contribution in [2.75, 3.05) is 27.4 Å². The van der Waals surface area contributed by atoms with Gasteiger partial charge in [-0.3, -0.25) is 9.63 Å². The molecule has 0 bridgehead atoms. The van der Waals surface area contributed by atoms with Crippen LogP contribution in [0.1, 0.15) is 10.4 Å². The van der Waals surface area contributed by atoms with Crippen LogP contribution in [0.4, 0.5) is 0 Å². The third-order valence-electron chi connectivity index (χ3n) is 4.34. The molecule has 132 valence electrons. The summed E-state index contributed by atoms with van der Waals surface area (Å²) in [4.78, 5) is 22.5. The van der Waals surface area contributed by atoms with Crippen LogP contribution in [0, 0.1) is 0 Å². The lowest BCUT2D eigenvalue weighted by Gasteiger charge is -2.19. The predicted molar refractivity (Wildman–Crippen MR) is 97.3 cm³/mol. The molecule has 2 aromatic carbocycles. The summed E-state index contributed by atoms with van der Waals surface area (Å²) in [7, 11) is 3.05. The standard InChI is InChI=1S/C20H18N2O4/c1-22(24-2)20(23)15-12-17(21-16-6-4-3-5-14(15)16)13-7-8-18-19(11-13)26-10-9-25-18/h3-8,11-12H,9-10H2,1-2H3. The highest BCUT2D eigenvalue weighted by molar-refractivity contribution is 6.06. The molecule has 0 fully saturated rings. The molecule has 0 N–H and O–H groups in total. The van der Waals surface area contributed by atoms with Crippen molar-refractivity contribution in [3.63, 3.8) is 0 Å². The number of nitrogens with zero attached hydrogens (tertiary/aromatic N) is 2. The Kier molecular flexibility index (Phi) is 4.18. The first-order valence-electron chi connectivity index (χ1n) is 8.29. The number of pyridine rings is 1. The number of rotatable bonds is 3. The zero-order valence-corrected chi connectivity index (χ0v) is 14.6. The number of hydrogen-bond acceptors (Lipinski definition) is 5. The quantitative estimate of drug-likeness (QED) is 0.678. The van der Waals surface area contributed by atoms with Crippen LogP contribution < -0.4 is 9.47 Å². The molecule has 0 radical (unpaired) electrons. The first-order chi connectivity index (χ1) is 12.7. The number of hydroxylamine groups is 2. The highest BCUT2D eigenvalue weighted by atomic mass is 16.7. The molecule has 0 spiro atoms. The van der Waals surface area contributed by atoms with Crippen molar-refractivity contribution in [3.8, 4) is 22.8 Å². The Morgan fingerprint density at radius 2 is 1.85 bits per heavy atom. The van der Waals surface area contributed by atoms with Gasteiger partial charge in [-0.2, -0.15) is 0 Å². The van der Waals surface area contributed by atoms with Gasteiger partial charge in [-0.05, 0) is 30.3 Å². The molecule has 0 saturated heterocycles. The van der Waals surface area contributed by atoms with Gasteiger partial charge in [0, 0.05) is 18.0 Å². The summed E-state index contributed by atoms with van der Waals surface area (Å²) in [5, 5.41) is 1.98. The van der Waals surface area contributed by atoms with Crippen LogP contribution in [0.3, 0.4) is 0 Å². The van der Waals surface area contributed by atoms with E-state index in [-0.39, 0.29) is 5.91 Å². The van der Waals surface area contributed by atoms with Crippen molar-refractivity contribution < 1.29 is 19.1 Å². The van der Waals surface area contributed by atoms with Crippen LogP contribution >= 0.6 is 0 Å². The molecule has 26 heavy (non-hydrogen) atoms. The maximum atomic E-state index is 12.7. The Hall–Kier alpha value is -3.12. The Bertz CT molecular complexity index is 987. The topological polar surface area (TPSA) is 60.9 Å². The SMILES string of the molecule is CON(C)C(=O)c1cc(-c2ccc3c(c2)OCCO3)nc2ccccc12. The van der Waals surface area contributed by atoms with Gasteiger partial charge >= 0.3 is 0 Å². The van der Waals surface area contributed by atoms with Gasteiger partial charge in [0.2, 0.25) is 0 Å². The molecule has 6 nitrogen and oxygen atoms in total. The number of para-hydroxylation sites is 1. The molecule has 0 atom stereocenters. The van der Waals surface area contributed by atoms with Gasteiger partial charge in [-0.15, -0.1) is 0 Å². The number of amides is 1. The van der Waals surface area contributed by atoms with E-state index in [9.17, 15) is 4.79 Å². The van der Waals surface area contributed by atoms with E-state index >= 15 is 0 Å². The average Bonchev–Trinajstić information content (AvgIpc) is 2.71. The Labute approximate surface area is 150 Å². The summed E-state index contributed by atoms with van der Waals surface area (Å²) in [6.45, 7) is 1.06. The van der Waals surface area contributed by atoms with Gasteiger partial charge in [-0.1, -0.05) is 18.2 Å². The molecule has 0 unspecified atom stereocenters. The van der Waals surface area contributed by atoms with Crippen molar-refractivity contribution in [2.45, 2.75) is 0 Å². The molecule has 0 saturated carbocycles. The Morgan fingerprint density at radius 1 is 1.08 bits per heavy atom. The fraction of sp³-hybridized carbons (Fsp3) is 0.200. The molecule has 1 aromatic heterocycles. The fourth-order valence-corrected chi connectivity index (χ4v) is 2.96. The minimum Gasteiger partial charge on any atom is -0.486 e. The lowest BCUT2D eigenvalue weighted by Crippen LogP contribution is -2.25. The van der Waals surface area contributed by atoms with Crippen molar-refractivity contribution in [2.24, 2.45) is 0 Å². The molecule has 1 aliphatic rings. The van der Waals surface area contributed by atoms with Crippen molar-refractivity contribution in [1.29, 1.82) is 0 Å². The maximum Gasteiger partial charge on any atom is 0.277 e. The summed E-state index contributed by atoms with van der Waals surface area (Å²) in [6.07, 6.45) is 0. The molecule has 2 heterocycles. The minimum atomic E-state index is -0.232. The number of benzene rings is 2. The second-order valence-corrected chi connectivity index (χ2v) is 5.92. The molecule has 0 aliphatic carbocycles. The molecule has 3 aromatic rings. The van der Waals surface area contributed by atoms with Crippen LogP contribution in [0.25, 0.3) is 22.2 Å². The van der Waals surface area contributed by atoms with Crippen LogP contribution in [0.2, 0.25) is 0 Å². The third-order valence-corrected chi connectivity index (χ3v) is 4.34. The van der Waals surface area contributed by atoms with E-state index in [0.29, 0.717) is 30.2 Å². The van der Waals surface area contributed by atoms with Crippen LogP contribution in [-0.2, 0) is 4.84 Å². The molecule has 1 aliphatic heterocycles. The third kappa shape index (κ3) is 2.84. The lowest BCUT2D eigenvalue weighted by molar-refractivity contribution is -0.0755. The molecule has 1 amide bonds. The highest BCUT2D eigenvalue weighted by Gasteiger charge is 2.19. The Morgan fingerprint density at radius 3 is 2.65 bits per heavy atom. The lowest BCUT2D eigenvalue weighted by atomic mass is 10.0. The number of carbonyl (C=O) groups excluding carboxylic acids is 1. The van der Waals surface area contributed by atoms with Crippen LogP contribution in [0.5, 0.6) is 11.5 Å². The van der Waals surface area contributed by atoms with Gasteiger partial charge in [0.25, 0.3) is 5.91 Å². The summed E-state index contributed by atoms with van der Waals surface area (Å²) < 4.78 is 11.2. The monoisotopic (exact) mass is 350 g/mol. The number of hydrogen-bond donors (Lipinski definition) is 0. The van der Waals surface area contributed by atoms with Crippen molar-refractivity contribution in [3.05, 3.63) is 54.1 Å². The van der Waals surface area contributed by atoms with Crippen molar-refractivity contribution >= 4 is 16.8 Å². The second kappa shape index (κ2) is 6.65. The number of ether oxygens (including phenoxy) is 2. The zero-order chi connectivity index (χ0) is 18.1. The Balaban J connectivity index is 1.87. The molecule has 6 heteroatoms.